The molecule has 1 N–H and O–H groups in total. The maximum absolute atomic E-state index is 11.6. The summed E-state index contributed by atoms with van der Waals surface area (Å²) in [7, 11) is 0. The molecule has 0 bridgehead atoms. The van der Waals surface area contributed by atoms with Crippen molar-refractivity contribution in [3.63, 3.8) is 0 Å². The van der Waals surface area contributed by atoms with Crippen molar-refractivity contribution in [1.82, 2.24) is 4.98 Å². The summed E-state index contributed by atoms with van der Waals surface area (Å²) >= 11 is 8.83. The molecule has 2 rings (SSSR count). The van der Waals surface area contributed by atoms with Crippen molar-refractivity contribution in [2.45, 2.75) is 13.3 Å². The van der Waals surface area contributed by atoms with Gasteiger partial charge in [-0.3, -0.25) is 0 Å². The van der Waals surface area contributed by atoms with Crippen LogP contribution in [-0.4, -0.2) is 24.1 Å². The van der Waals surface area contributed by atoms with E-state index in [1.807, 2.05) is 12.1 Å². The molecule has 0 aliphatic rings. The highest BCUT2D eigenvalue weighted by molar-refractivity contribution is 7.16. The molecule has 0 saturated heterocycles. The number of rotatable bonds is 6. The molecular weight excluding hydrogens is 304 g/mol. The van der Waals surface area contributed by atoms with E-state index in [9.17, 15) is 4.79 Å². The predicted molar refractivity (Wildman–Crippen MR) is 79.6 cm³/mol. The summed E-state index contributed by atoms with van der Waals surface area (Å²) in [6.07, 6.45) is 0.859. The van der Waals surface area contributed by atoms with E-state index in [-0.39, 0.29) is 5.97 Å². The van der Waals surface area contributed by atoms with Gasteiger partial charge in [0.1, 0.15) is 5.00 Å². The molecule has 0 saturated carbocycles. The Morgan fingerprint density at radius 2 is 2.37 bits per heavy atom. The number of hydrogen-bond acceptors (Lipinski definition) is 6. The summed E-state index contributed by atoms with van der Waals surface area (Å²) in [6, 6.07) is 3.89. The minimum absolute atomic E-state index is 0.351. The van der Waals surface area contributed by atoms with Crippen molar-refractivity contribution in [3.8, 4) is 0 Å². The average molecular weight is 317 g/mol. The van der Waals surface area contributed by atoms with Crippen LogP contribution >= 0.6 is 34.3 Å². The van der Waals surface area contributed by atoms with E-state index in [2.05, 4.69) is 10.3 Å². The molecule has 2 aromatic rings. The van der Waals surface area contributed by atoms with Gasteiger partial charge in [0.05, 0.1) is 16.5 Å². The Balaban J connectivity index is 1.89. The zero-order chi connectivity index (χ0) is 13.7. The van der Waals surface area contributed by atoms with Crippen LogP contribution in [0.3, 0.4) is 0 Å². The van der Waals surface area contributed by atoms with Crippen molar-refractivity contribution in [1.29, 1.82) is 0 Å². The van der Waals surface area contributed by atoms with Gasteiger partial charge in [0, 0.05) is 11.4 Å². The van der Waals surface area contributed by atoms with E-state index >= 15 is 0 Å². The Bertz CT molecular complexity index is 553. The fourth-order valence-corrected chi connectivity index (χ4v) is 3.29. The smallest absolute Gasteiger partial charge is 0.360 e. The number of anilines is 1. The van der Waals surface area contributed by atoms with Crippen molar-refractivity contribution < 1.29 is 9.53 Å². The van der Waals surface area contributed by atoms with E-state index in [4.69, 9.17) is 16.3 Å². The van der Waals surface area contributed by atoms with Crippen LogP contribution in [0.25, 0.3) is 0 Å². The van der Waals surface area contributed by atoms with Crippen LogP contribution in [0, 0.1) is 0 Å². The Hall–Kier alpha value is -1.11. The lowest BCUT2D eigenvalue weighted by Crippen LogP contribution is -2.10. The number of hydrogen-bond donors (Lipinski definition) is 1. The molecule has 0 aliphatic heterocycles. The van der Waals surface area contributed by atoms with Gasteiger partial charge in [-0.25, -0.2) is 9.78 Å². The van der Waals surface area contributed by atoms with Crippen LogP contribution in [0.15, 0.2) is 17.6 Å². The Morgan fingerprint density at radius 1 is 1.53 bits per heavy atom. The molecule has 19 heavy (non-hydrogen) atoms. The number of thiophene rings is 1. The number of nitrogens with zero attached hydrogens (tertiary/aromatic N) is 1. The molecule has 0 spiro atoms. The largest absolute Gasteiger partial charge is 0.461 e. The van der Waals surface area contributed by atoms with Crippen molar-refractivity contribution in [3.05, 3.63) is 32.6 Å². The molecule has 0 fully saturated rings. The maximum atomic E-state index is 11.6. The number of esters is 1. The second kappa shape index (κ2) is 6.88. The molecular formula is C12H13ClN2O2S2. The lowest BCUT2D eigenvalue weighted by atomic mass is 10.3. The molecule has 0 amide bonds. The zero-order valence-electron chi connectivity index (χ0n) is 10.3. The van der Waals surface area contributed by atoms with Crippen LogP contribution in [-0.2, 0) is 11.2 Å². The summed E-state index contributed by atoms with van der Waals surface area (Å²) in [6.45, 7) is 2.85. The van der Waals surface area contributed by atoms with E-state index < -0.39 is 0 Å². The molecule has 2 heterocycles. The number of nitrogens with one attached hydrogen (secondary N) is 1. The minimum Gasteiger partial charge on any atom is -0.461 e. The lowest BCUT2D eigenvalue weighted by molar-refractivity contribution is 0.0521. The molecule has 102 valence electrons. The van der Waals surface area contributed by atoms with Gasteiger partial charge in [0.25, 0.3) is 0 Å². The summed E-state index contributed by atoms with van der Waals surface area (Å²) < 4.78 is 5.74. The Morgan fingerprint density at radius 3 is 3.05 bits per heavy atom. The highest BCUT2D eigenvalue weighted by Crippen LogP contribution is 2.23. The fourth-order valence-electron chi connectivity index (χ4n) is 1.50. The molecule has 2 aromatic heterocycles. The zero-order valence-corrected chi connectivity index (χ0v) is 12.7. The molecule has 4 nitrogen and oxygen atoms in total. The van der Waals surface area contributed by atoms with Crippen molar-refractivity contribution in [2.75, 3.05) is 18.5 Å². The molecule has 0 aromatic carbocycles. The first-order valence-corrected chi connectivity index (χ1v) is 7.86. The van der Waals surface area contributed by atoms with Gasteiger partial charge in [-0.2, -0.15) is 0 Å². The molecule has 7 heteroatoms. The second-order valence-corrected chi connectivity index (χ2v) is 6.29. The van der Waals surface area contributed by atoms with Gasteiger partial charge >= 0.3 is 5.97 Å². The van der Waals surface area contributed by atoms with Crippen molar-refractivity contribution in [2.24, 2.45) is 0 Å². The Kier molecular flexibility index (Phi) is 5.18. The molecule has 0 unspecified atom stereocenters. The van der Waals surface area contributed by atoms with E-state index in [0.717, 1.165) is 22.3 Å². The average Bonchev–Trinajstić information content (AvgIpc) is 2.99. The quantitative estimate of drug-likeness (QED) is 0.826. The minimum atomic E-state index is -0.384. The van der Waals surface area contributed by atoms with Crippen LogP contribution in [0.1, 0.15) is 22.3 Å². The maximum Gasteiger partial charge on any atom is 0.360 e. The third-order valence-corrected chi connectivity index (χ3v) is 4.40. The number of aromatic nitrogens is 1. The predicted octanol–water partition coefficient (Wildman–Crippen LogP) is 3.69. The van der Waals surface area contributed by atoms with E-state index in [1.165, 1.54) is 16.2 Å². The first kappa shape index (κ1) is 14.3. The fraction of sp³-hybridized carbons (Fsp3) is 0.333. The Labute approximate surface area is 124 Å². The number of halogens is 1. The molecule has 0 atom stereocenters. The first-order valence-electron chi connectivity index (χ1n) is 5.79. The highest BCUT2D eigenvalue weighted by Gasteiger charge is 2.15. The van der Waals surface area contributed by atoms with Crippen LogP contribution < -0.4 is 5.32 Å². The number of carbonyl (C=O) groups excluding carboxylic acids is 1. The highest BCUT2D eigenvalue weighted by atomic mass is 35.5. The van der Waals surface area contributed by atoms with Crippen LogP contribution in [0.5, 0.6) is 0 Å². The van der Waals surface area contributed by atoms with Gasteiger partial charge in [-0.15, -0.1) is 22.7 Å². The lowest BCUT2D eigenvalue weighted by Gasteiger charge is -2.05. The summed E-state index contributed by atoms with van der Waals surface area (Å²) in [5, 5.41) is 3.96. The van der Waals surface area contributed by atoms with Crippen LogP contribution in [0.4, 0.5) is 5.00 Å². The molecule has 0 radical (unpaired) electrons. The van der Waals surface area contributed by atoms with Gasteiger partial charge in [0.2, 0.25) is 0 Å². The standard InChI is InChI=1S/C12H13ClN2O2S2/c1-2-17-12(16)10-11(18-7-15-10)14-6-5-8-3-4-9(13)19-8/h3-4,7,14H,2,5-6H2,1H3. The SMILES string of the molecule is CCOC(=O)c1ncsc1NCCc1ccc(Cl)s1. The topological polar surface area (TPSA) is 51.2 Å². The van der Waals surface area contributed by atoms with Gasteiger partial charge in [-0.05, 0) is 25.5 Å². The van der Waals surface area contributed by atoms with Crippen LogP contribution in [0.2, 0.25) is 4.34 Å². The third-order valence-electron chi connectivity index (χ3n) is 2.32. The number of thiazole rings is 1. The van der Waals surface area contributed by atoms with Crippen molar-refractivity contribution >= 4 is 45.2 Å². The van der Waals surface area contributed by atoms with Gasteiger partial charge in [0.15, 0.2) is 5.69 Å². The van der Waals surface area contributed by atoms with Gasteiger partial charge in [-0.1, -0.05) is 11.6 Å². The summed E-state index contributed by atoms with van der Waals surface area (Å²) in [5.74, 6) is -0.384. The normalized spacial score (nSPS) is 10.4. The molecule has 0 aliphatic carbocycles. The van der Waals surface area contributed by atoms with E-state index in [1.54, 1.807) is 23.8 Å². The second-order valence-electron chi connectivity index (χ2n) is 3.63. The summed E-state index contributed by atoms with van der Waals surface area (Å²) in [4.78, 5) is 16.9. The summed E-state index contributed by atoms with van der Waals surface area (Å²) in [5.41, 5.74) is 1.99. The van der Waals surface area contributed by atoms with Gasteiger partial charge < -0.3 is 10.1 Å². The number of carbonyl (C=O) groups is 1. The number of ether oxygens (including phenoxy) is 1. The monoisotopic (exact) mass is 316 g/mol. The van der Waals surface area contributed by atoms with E-state index in [0.29, 0.717) is 12.3 Å². The third kappa shape index (κ3) is 3.92. The first-order chi connectivity index (χ1) is 9.20.